The maximum absolute atomic E-state index is 11.9. The van der Waals surface area contributed by atoms with Gasteiger partial charge >= 0.3 is 0 Å². The smallest absolute Gasteiger partial charge is 0.180 e. The van der Waals surface area contributed by atoms with Gasteiger partial charge in [-0.1, -0.05) is 32.9 Å². The third-order valence-electron chi connectivity index (χ3n) is 2.87. The lowest BCUT2D eigenvalue weighted by Crippen LogP contribution is -2.22. The summed E-state index contributed by atoms with van der Waals surface area (Å²) in [6.07, 6.45) is 0.216. The number of nitrogens with one attached hydrogen (secondary N) is 1. The zero-order valence-electron chi connectivity index (χ0n) is 11.8. The van der Waals surface area contributed by atoms with Crippen LogP contribution in [0.1, 0.15) is 27.2 Å². The van der Waals surface area contributed by atoms with Gasteiger partial charge in [-0.15, -0.1) is 0 Å². The van der Waals surface area contributed by atoms with Crippen molar-refractivity contribution < 1.29 is 13.5 Å². The van der Waals surface area contributed by atoms with Crippen molar-refractivity contribution in [3.8, 4) is 0 Å². The number of aliphatic hydroxyl groups is 1. The molecule has 0 heterocycles. The van der Waals surface area contributed by atoms with Crippen LogP contribution in [0.15, 0.2) is 29.2 Å². The van der Waals surface area contributed by atoms with Crippen LogP contribution >= 0.6 is 0 Å². The molecule has 2 N–H and O–H groups in total. The van der Waals surface area contributed by atoms with Crippen LogP contribution in [-0.4, -0.2) is 31.9 Å². The summed E-state index contributed by atoms with van der Waals surface area (Å²) in [7, 11) is -3.24. The van der Waals surface area contributed by atoms with Crippen LogP contribution in [0.5, 0.6) is 0 Å². The SMILES string of the molecule is CCS(=O)(=O)c1ccccc1NCC(O)CC(C)C. The number of anilines is 1. The van der Waals surface area contributed by atoms with E-state index in [0.717, 1.165) is 0 Å². The molecule has 0 spiro atoms. The van der Waals surface area contributed by atoms with Crippen LogP contribution in [0.2, 0.25) is 0 Å². The molecule has 1 atom stereocenters. The number of benzene rings is 1. The normalized spacial score (nSPS) is 13.5. The number of para-hydroxylation sites is 1. The molecule has 1 aromatic rings. The van der Waals surface area contributed by atoms with Crippen LogP contribution in [0.3, 0.4) is 0 Å². The summed E-state index contributed by atoms with van der Waals surface area (Å²) < 4.78 is 23.9. The van der Waals surface area contributed by atoms with Crippen molar-refractivity contribution in [2.45, 2.75) is 38.2 Å². The average Bonchev–Trinajstić information content (AvgIpc) is 2.36. The van der Waals surface area contributed by atoms with Gasteiger partial charge in [-0.2, -0.15) is 0 Å². The van der Waals surface area contributed by atoms with Crippen LogP contribution in [0.25, 0.3) is 0 Å². The lowest BCUT2D eigenvalue weighted by molar-refractivity contribution is 0.161. The van der Waals surface area contributed by atoms with Gasteiger partial charge in [-0.3, -0.25) is 0 Å². The first-order valence-electron chi connectivity index (χ1n) is 6.60. The molecule has 0 saturated heterocycles. The predicted molar refractivity (Wildman–Crippen MR) is 78.1 cm³/mol. The lowest BCUT2D eigenvalue weighted by atomic mass is 10.1. The van der Waals surface area contributed by atoms with E-state index in [1.165, 1.54) is 0 Å². The molecule has 0 aliphatic carbocycles. The number of hydrogen-bond donors (Lipinski definition) is 2. The number of rotatable bonds is 7. The zero-order valence-corrected chi connectivity index (χ0v) is 12.6. The summed E-state index contributed by atoms with van der Waals surface area (Å²) in [6, 6.07) is 6.81. The van der Waals surface area contributed by atoms with Crippen LogP contribution < -0.4 is 5.32 Å². The highest BCUT2D eigenvalue weighted by molar-refractivity contribution is 7.91. The minimum Gasteiger partial charge on any atom is -0.391 e. The topological polar surface area (TPSA) is 66.4 Å². The molecule has 108 valence electrons. The molecule has 4 nitrogen and oxygen atoms in total. The zero-order chi connectivity index (χ0) is 14.5. The predicted octanol–water partition coefficient (Wildman–Crippen LogP) is 2.30. The molecule has 0 aromatic heterocycles. The summed E-state index contributed by atoms with van der Waals surface area (Å²) >= 11 is 0. The van der Waals surface area contributed by atoms with Gasteiger partial charge in [0.05, 0.1) is 22.4 Å². The Morgan fingerprint density at radius 3 is 2.47 bits per heavy atom. The van der Waals surface area contributed by atoms with E-state index in [4.69, 9.17) is 0 Å². The Balaban J connectivity index is 2.80. The van der Waals surface area contributed by atoms with E-state index in [0.29, 0.717) is 29.5 Å². The first-order chi connectivity index (χ1) is 8.86. The van der Waals surface area contributed by atoms with Gasteiger partial charge in [0.25, 0.3) is 0 Å². The van der Waals surface area contributed by atoms with Gasteiger partial charge in [0.1, 0.15) is 0 Å². The molecular formula is C14H23NO3S. The summed E-state index contributed by atoms with van der Waals surface area (Å²) in [5, 5.41) is 12.8. The van der Waals surface area contributed by atoms with E-state index in [1.807, 2.05) is 13.8 Å². The van der Waals surface area contributed by atoms with E-state index in [-0.39, 0.29) is 5.75 Å². The maximum Gasteiger partial charge on any atom is 0.180 e. The summed E-state index contributed by atoms with van der Waals surface area (Å²) in [5.41, 5.74) is 0.562. The molecule has 1 unspecified atom stereocenters. The van der Waals surface area contributed by atoms with Gasteiger partial charge in [0.2, 0.25) is 0 Å². The Labute approximate surface area is 115 Å². The standard InChI is InChI=1S/C14H23NO3S/c1-4-19(17,18)14-8-6-5-7-13(14)15-10-12(16)9-11(2)3/h5-8,11-12,15-16H,4,9-10H2,1-3H3. The number of hydrogen-bond acceptors (Lipinski definition) is 4. The minimum absolute atomic E-state index is 0.0697. The Bertz CT molecular complexity index is 497. The fourth-order valence-electron chi connectivity index (χ4n) is 1.89. The van der Waals surface area contributed by atoms with Crippen molar-refractivity contribution in [1.82, 2.24) is 0 Å². The third kappa shape index (κ3) is 4.84. The van der Waals surface area contributed by atoms with Crippen molar-refractivity contribution in [3.63, 3.8) is 0 Å². The Kier molecular flexibility index (Phi) is 5.82. The Morgan fingerprint density at radius 1 is 1.26 bits per heavy atom. The van der Waals surface area contributed by atoms with Crippen molar-refractivity contribution in [3.05, 3.63) is 24.3 Å². The van der Waals surface area contributed by atoms with Crippen LogP contribution in [0.4, 0.5) is 5.69 Å². The van der Waals surface area contributed by atoms with Crippen LogP contribution in [0, 0.1) is 5.92 Å². The Morgan fingerprint density at radius 2 is 1.89 bits per heavy atom. The second-order valence-corrected chi connectivity index (χ2v) is 7.31. The molecule has 1 rings (SSSR count). The molecule has 0 aliphatic heterocycles. The fraction of sp³-hybridized carbons (Fsp3) is 0.571. The maximum atomic E-state index is 11.9. The third-order valence-corrected chi connectivity index (χ3v) is 4.66. The monoisotopic (exact) mass is 285 g/mol. The minimum atomic E-state index is -3.24. The van der Waals surface area contributed by atoms with Gasteiger partial charge in [0, 0.05) is 6.54 Å². The molecule has 0 radical (unpaired) electrons. The van der Waals surface area contributed by atoms with Crippen molar-refractivity contribution in [2.24, 2.45) is 5.92 Å². The fourth-order valence-corrected chi connectivity index (χ4v) is 2.97. The molecule has 5 heteroatoms. The van der Waals surface area contributed by atoms with E-state index in [2.05, 4.69) is 5.32 Å². The molecule has 19 heavy (non-hydrogen) atoms. The molecular weight excluding hydrogens is 262 g/mol. The van der Waals surface area contributed by atoms with Crippen molar-refractivity contribution >= 4 is 15.5 Å². The quantitative estimate of drug-likeness (QED) is 0.806. The van der Waals surface area contributed by atoms with E-state index in [1.54, 1.807) is 31.2 Å². The first kappa shape index (κ1) is 16.0. The largest absolute Gasteiger partial charge is 0.391 e. The summed E-state index contributed by atoms with van der Waals surface area (Å²) in [4.78, 5) is 0.300. The highest BCUT2D eigenvalue weighted by atomic mass is 32.2. The Hall–Kier alpha value is -1.07. The number of sulfone groups is 1. The molecule has 0 aliphatic rings. The van der Waals surface area contributed by atoms with Crippen molar-refractivity contribution in [2.75, 3.05) is 17.6 Å². The summed E-state index contributed by atoms with van der Waals surface area (Å²) in [5.74, 6) is 0.478. The van der Waals surface area contributed by atoms with Gasteiger partial charge in [-0.05, 0) is 24.5 Å². The molecule has 0 bridgehead atoms. The summed E-state index contributed by atoms with van der Waals surface area (Å²) in [6.45, 7) is 6.06. The van der Waals surface area contributed by atoms with E-state index in [9.17, 15) is 13.5 Å². The molecule has 0 fully saturated rings. The second-order valence-electron chi connectivity index (χ2n) is 5.06. The highest BCUT2D eigenvalue weighted by Crippen LogP contribution is 2.22. The van der Waals surface area contributed by atoms with Gasteiger partial charge < -0.3 is 10.4 Å². The van der Waals surface area contributed by atoms with E-state index < -0.39 is 15.9 Å². The highest BCUT2D eigenvalue weighted by Gasteiger charge is 2.16. The van der Waals surface area contributed by atoms with Gasteiger partial charge in [-0.25, -0.2) is 8.42 Å². The van der Waals surface area contributed by atoms with Gasteiger partial charge in [0.15, 0.2) is 9.84 Å². The second kappa shape index (κ2) is 6.91. The van der Waals surface area contributed by atoms with Crippen LogP contribution in [-0.2, 0) is 9.84 Å². The van der Waals surface area contributed by atoms with E-state index >= 15 is 0 Å². The number of aliphatic hydroxyl groups excluding tert-OH is 1. The first-order valence-corrected chi connectivity index (χ1v) is 8.25. The average molecular weight is 285 g/mol. The molecule has 0 amide bonds. The molecule has 1 aromatic carbocycles. The van der Waals surface area contributed by atoms with Crippen molar-refractivity contribution in [1.29, 1.82) is 0 Å². The lowest BCUT2D eigenvalue weighted by Gasteiger charge is -2.16. The molecule has 0 saturated carbocycles.